The molecule has 3 saturated carbocycles. The van der Waals surface area contributed by atoms with Gasteiger partial charge in [-0.2, -0.15) is 0 Å². The van der Waals surface area contributed by atoms with E-state index in [9.17, 15) is 5.11 Å². The van der Waals surface area contributed by atoms with Crippen molar-refractivity contribution in [3.63, 3.8) is 0 Å². The van der Waals surface area contributed by atoms with E-state index in [1.165, 1.54) is 31.3 Å². The summed E-state index contributed by atoms with van der Waals surface area (Å²) in [6.45, 7) is 14.8. The molecule has 3 heteroatoms. The molecule has 1 N–H and O–H groups in total. The van der Waals surface area contributed by atoms with Gasteiger partial charge in [-0.25, -0.2) is 9.78 Å². The van der Waals surface area contributed by atoms with Gasteiger partial charge in [-0.15, -0.1) is 0 Å². The number of fused-ring (bicyclic) bond motifs is 2. The highest BCUT2D eigenvalue weighted by molar-refractivity contribution is 5.48. The minimum absolute atomic E-state index is 0.0570. The highest BCUT2D eigenvalue weighted by Crippen LogP contribution is 2.72. The molecule has 178 valence electrons. The standard InChI is InChI=1S/C29H44O3/c1-17(2)18(3)21-15-22(21)19(4)23-7-8-24-26(23,5)11-10-25-27(6)12-9-20(30)16-28(27)13-14-29(24,25)32-31-28/h10,13-14,17-24,30H,7-9,11-12,15-16H2,1-6H3/t18-,19-,20+,21-,22-,23-,24-,26-,27-,28-,29+/m1/s1. The van der Waals surface area contributed by atoms with Crippen LogP contribution in [0.1, 0.15) is 86.5 Å². The van der Waals surface area contributed by atoms with Gasteiger partial charge in [0.25, 0.3) is 0 Å². The molecule has 0 radical (unpaired) electrons. The highest BCUT2D eigenvalue weighted by Gasteiger charge is 2.72. The average Bonchev–Trinajstić information content (AvgIpc) is 3.47. The number of hydrogen-bond acceptors (Lipinski definition) is 3. The predicted octanol–water partition coefficient (Wildman–Crippen LogP) is 6.47. The van der Waals surface area contributed by atoms with Gasteiger partial charge < -0.3 is 5.11 Å². The fourth-order valence-corrected chi connectivity index (χ4v) is 9.54. The maximum atomic E-state index is 10.4. The first kappa shape index (κ1) is 21.9. The van der Waals surface area contributed by atoms with Gasteiger partial charge in [-0.05, 0) is 97.2 Å². The van der Waals surface area contributed by atoms with Gasteiger partial charge in [0, 0.05) is 17.8 Å². The summed E-state index contributed by atoms with van der Waals surface area (Å²) < 4.78 is 0. The first-order valence-electron chi connectivity index (χ1n) is 13.5. The predicted molar refractivity (Wildman–Crippen MR) is 127 cm³/mol. The molecule has 0 unspecified atom stereocenters. The summed E-state index contributed by atoms with van der Waals surface area (Å²) in [7, 11) is 0. The van der Waals surface area contributed by atoms with Gasteiger partial charge in [-0.3, -0.25) is 0 Å². The molecule has 0 aromatic carbocycles. The first-order valence-corrected chi connectivity index (χ1v) is 13.5. The second kappa shape index (κ2) is 6.73. The van der Waals surface area contributed by atoms with Crippen LogP contribution in [0.4, 0.5) is 0 Å². The van der Waals surface area contributed by atoms with E-state index < -0.39 is 11.2 Å². The first-order chi connectivity index (χ1) is 15.1. The Morgan fingerprint density at radius 1 is 1.00 bits per heavy atom. The zero-order chi connectivity index (χ0) is 22.7. The van der Waals surface area contributed by atoms with E-state index in [1.54, 1.807) is 0 Å². The summed E-state index contributed by atoms with van der Waals surface area (Å²) in [6.07, 6.45) is 14.6. The number of aliphatic hydroxyl groups excluding tert-OH is 1. The fourth-order valence-electron chi connectivity index (χ4n) is 9.54. The van der Waals surface area contributed by atoms with Gasteiger partial charge in [0.1, 0.15) is 11.2 Å². The zero-order valence-corrected chi connectivity index (χ0v) is 21.1. The summed E-state index contributed by atoms with van der Waals surface area (Å²) in [5.74, 6) is 5.51. The zero-order valence-electron chi connectivity index (χ0n) is 21.1. The van der Waals surface area contributed by atoms with Crippen LogP contribution in [-0.2, 0) is 9.78 Å². The molecule has 3 nitrogen and oxygen atoms in total. The van der Waals surface area contributed by atoms with Crippen molar-refractivity contribution in [3.8, 4) is 0 Å². The molecule has 7 aliphatic rings. The molecule has 5 aliphatic carbocycles. The average molecular weight is 441 g/mol. The van der Waals surface area contributed by atoms with Crippen molar-refractivity contribution in [2.24, 2.45) is 52.3 Å². The molecule has 0 aromatic rings. The van der Waals surface area contributed by atoms with Crippen LogP contribution in [0.3, 0.4) is 0 Å². The monoisotopic (exact) mass is 440 g/mol. The number of hydrogen-bond donors (Lipinski definition) is 1. The summed E-state index contributed by atoms with van der Waals surface area (Å²) in [4.78, 5) is 12.7. The second-order valence-electron chi connectivity index (χ2n) is 13.5. The smallest absolute Gasteiger partial charge is 0.147 e. The van der Waals surface area contributed by atoms with Crippen LogP contribution >= 0.6 is 0 Å². The van der Waals surface area contributed by atoms with Crippen molar-refractivity contribution in [3.05, 3.63) is 23.8 Å². The van der Waals surface area contributed by atoms with Crippen LogP contribution in [0.15, 0.2) is 23.8 Å². The third kappa shape index (κ3) is 2.54. The lowest BCUT2D eigenvalue weighted by Gasteiger charge is -2.66. The fraction of sp³-hybridized carbons (Fsp3) is 0.862. The van der Waals surface area contributed by atoms with Crippen LogP contribution in [-0.4, -0.2) is 22.4 Å². The van der Waals surface area contributed by atoms with E-state index in [4.69, 9.17) is 9.78 Å². The molecule has 2 spiro atoms. The quantitative estimate of drug-likeness (QED) is 0.402. The molecule has 2 heterocycles. The topological polar surface area (TPSA) is 38.7 Å². The Labute approximate surface area is 194 Å². The Morgan fingerprint density at radius 2 is 1.78 bits per heavy atom. The summed E-state index contributed by atoms with van der Waals surface area (Å²) in [5, 5.41) is 10.4. The normalized spacial score (nSPS) is 55.1. The third-order valence-electron chi connectivity index (χ3n) is 12.0. The lowest BCUT2D eigenvalue weighted by atomic mass is 9.46. The Kier molecular flexibility index (Phi) is 4.60. The van der Waals surface area contributed by atoms with E-state index in [-0.39, 0.29) is 16.9 Å². The molecule has 0 aromatic heterocycles. The molecule has 1 saturated heterocycles. The van der Waals surface area contributed by atoms with Crippen LogP contribution in [0.2, 0.25) is 0 Å². The Bertz CT molecular complexity index is 860. The molecule has 0 amide bonds. The SMILES string of the molecule is CC(C)[C@@H](C)[C@H]1C[C@@H]1[C@@H](C)[C@H]1CC[C@@H]2[C@]1(C)CC=C1[C@]23C=C[C@]2(C[C@@H](O)CC[C@]12C)OO3. The largest absolute Gasteiger partial charge is 0.393 e. The maximum absolute atomic E-state index is 10.4. The van der Waals surface area contributed by atoms with Crippen molar-refractivity contribution < 1.29 is 14.9 Å². The third-order valence-corrected chi connectivity index (χ3v) is 12.0. The molecule has 7 rings (SSSR count). The Morgan fingerprint density at radius 3 is 2.47 bits per heavy atom. The van der Waals surface area contributed by atoms with E-state index in [2.05, 4.69) is 59.8 Å². The molecule has 11 atom stereocenters. The van der Waals surface area contributed by atoms with Crippen LogP contribution < -0.4 is 0 Å². The Hall–Kier alpha value is -0.640. The summed E-state index contributed by atoms with van der Waals surface area (Å²) >= 11 is 0. The minimum Gasteiger partial charge on any atom is -0.393 e. The van der Waals surface area contributed by atoms with Crippen molar-refractivity contribution in [1.82, 2.24) is 0 Å². The summed E-state index contributed by atoms with van der Waals surface area (Å²) in [5.41, 5.74) is 0.796. The van der Waals surface area contributed by atoms with Crippen molar-refractivity contribution >= 4 is 0 Å². The maximum Gasteiger partial charge on any atom is 0.147 e. The molecule has 4 fully saturated rings. The lowest BCUT2D eigenvalue weighted by Crippen LogP contribution is -2.69. The van der Waals surface area contributed by atoms with E-state index in [0.717, 1.165) is 48.3 Å². The van der Waals surface area contributed by atoms with Crippen LogP contribution in [0.5, 0.6) is 0 Å². The van der Waals surface area contributed by atoms with Crippen molar-refractivity contribution in [2.45, 2.75) is 104 Å². The number of allylic oxidation sites excluding steroid dienone is 1. The van der Waals surface area contributed by atoms with Gasteiger partial charge in [0.05, 0.1) is 6.10 Å². The van der Waals surface area contributed by atoms with Gasteiger partial charge in [-0.1, -0.05) is 47.6 Å². The molecule has 2 bridgehead atoms. The number of aliphatic hydroxyl groups is 1. The van der Waals surface area contributed by atoms with Gasteiger partial charge in [0.15, 0.2) is 0 Å². The molecular formula is C29H44O3. The number of rotatable bonds is 4. The molecule has 2 aliphatic heterocycles. The van der Waals surface area contributed by atoms with Crippen LogP contribution in [0.25, 0.3) is 0 Å². The van der Waals surface area contributed by atoms with Gasteiger partial charge in [0.2, 0.25) is 0 Å². The van der Waals surface area contributed by atoms with Crippen molar-refractivity contribution in [2.75, 3.05) is 0 Å². The van der Waals surface area contributed by atoms with Crippen molar-refractivity contribution in [1.29, 1.82) is 0 Å². The Balaban J connectivity index is 1.32. The van der Waals surface area contributed by atoms with Crippen LogP contribution in [0, 0.1) is 52.3 Å². The van der Waals surface area contributed by atoms with E-state index in [0.29, 0.717) is 12.3 Å². The molecular weight excluding hydrogens is 396 g/mol. The lowest BCUT2D eigenvalue weighted by molar-refractivity contribution is -0.455. The minimum atomic E-state index is -0.495. The molecule has 32 heavy (non-hydrogen) atoms. The second-order valence-corrected chi connectivity index (χ2v) is 13.5. The highest BCUT2D eigenvalue weighted by atomic mass is 17.2. The van der Waals surface area contributed by atoms with E-state index in [1.807, 2.05) is 0 Å². The summed E-state index contributed by atoms with van der Waals surface area (Å²) in [6, 6.07) is 0. The van der Waals surface area contributed by atoms with Gasteiger partial charge >= 0.3 is 0 Å². The van der Waals surface area contributed by atoms with E-state index >= 15 is 0 Å².